The van der Waals surface area contributed by atoms with Gasteiger partial charge in [0, 0.05) is 10.6 Å². The summed E-state index contributed by atoms with van der Waals surface area (Å²) in [6, 6.07) is 7.96. The Hall–Kier alpha value is -3.02. The van der Waals surface area contributed by atoms with E-state index in [1.54, 1.807) is 12.1 Å². The summed E-state index contributed by atoms with van der Waals surface area (Å²) in [6.45, 7) is 8.34. The van der Waals surface area contributed by atoms with Gasteiger partial charge in [-0.2, -0.15) is 11.1 Å². The molecule has 0 fully saturated rings. The molecule has 3 rings (SSSR count). The van der Waals surface area contributed by atoms with E-state index >= 15 is 0 Å². The van der Waals surface area contributed by atoms with Crippen LogP contribution in [-0.4, -0.2) is 0 Å². The van der Waals surface area contributed by atoms with Crippen molar-refractivity contribution in [3.8, 4) is 11.5 Å². The van der Waals surface area contributed by atoms with Crippen LogP contribution in [0, 0.1) is 38.8 Å². The third-order valence-electron chi connectivity index (χ3n) is 4.62. The zero-order valence-corrected chi connectivity index (χ0v) is 14.0. The van der Waals surface area contributed by atoms with Crippen molar-refractivity contribution in [3.05, 3.63) is 46.5 Å². The summed E-state index contributed by atoms with van der Waals surface area (Å²) in [5.41, 5.74) is 18.6. The van der Waals surface area contributed by atoms with E-state index in [4.69, 9.17) is 20.7 Å². The van der Waals surface area contributed by atoms with Crippen LogP contribution < -0.4 is 9.68 Å². The molecule has 6 heteroatoms. The quantitative estimate of drug-likeness (QED) is 0.357. The Labute approximate surface area is 139 Å². The van der Waals surface area contributed by atoms with E-state index in [1.807, 2.05) is 0 Å². The Balaban J connectivity index is 2.47. The van der Waals surface area contributed by atoms with Gasteiger partial charge in [-0.25, -0.2) is 0 Å². The van der Waals surface area contributed by atoms with E-state index < -0.39 is 0 Å². The van der Waals surface area contributed by atoms with Crippen molar-refractivity contribution in [2.45, 2.75) is 27.7 Å². The van der Waals surface area contributed by atoms with E-state index in [0.29, 0.717) is 0 Å². The Bertz CT molecular complexity index is 916. The lowest BCUT2D eigenvalue weighted by Crippen LogP contribution is -1.94. The topological polar surface area (TPSA) is 90.9 Å². The molecule has 6 nitrogen and oxygen atoms in total. The molecule has 0 aliphatic carbocycles. The van der Waals surface area contributed by atoms with Crippen LogP contribution in [0.3, 0.4) is 0 Å². The van der Waals surface area contributed by atoms with Crippen molar-refractivity contribution in [2.75, 3.05) is 0 Å². The number of nitrogens with one attached hydrogen (secondary N) is 2. The van der Waals surface area contributed by atoms with Crippen LogP contribution in [0.25, 0.3) is 21.5 Å². The summed E-state index contributed by atoms with van der Waals surface area (Å²) in [4.78, 5) is 9.94. The molecule has 0 radical (unpaired) electrons. The first-order valence-electron chi connectivity index (χ1n) is 7.53. The SMILES string of the molecule is Cc1cc2c(C)c3cc(ON=N)c(ON=N)cc3c(C)c2cc1C. The monoisotopic (exact) mass is 322 g/mol. The van der Waals surface area contributed by atoms with E-state index in [9.17, 15) is 0 Å². The largest absolute Gasteiger partial charge is 0.336 e. The van der Waals surface area contributed by atoms with E-state index in [-0.39, 0.29) is 11.5 Å². The summed E-state index contributed by atoms with van der Waals surface area (Å²) >= 11 is 0. The summed E-state index contributed by atoms with van der Waals surface area (Å²) < 4.78 is 0. The van der Waals surface area contributed by atoms with Crippen molar-refractivity contribution in [1.29, 1.82) is 11.1 Å². The molecule has 0 spiro atoms. The van der Waals surface area contributed by atoms with Crippen LogP contribution in [0.1, 0.15) is 22.3 Å². The van der Waals surface area contributed by atoms with Gasteiger partial charge in [0.05, 0.1) is 0 Å². The van der Waals surface area contributed by atoms with Crippen LogP contribution >= 0.6 is 0 Å². The minimum absolute atomic E-state index is 0.263. The van der Waals surface area contributed by atoms with Gasteiger partial charge in [0.2, 0.25) is 11.5 Å². The summed E-state index contributed by atoms with van der Waals surface area (Å²) in [5, 5.41) is 10.3. The van der Waals surface area contributed by atoms with Gasteiger partial charge in [-0.1, -0.05) is 12.1 Å². The number of benzene rings is 3. The average Bonchev–Trinajstić information content (AvgIpc) is 2.56. The fourth-order valence-electron chi connectivity index (χ4n) is 3.15. The number of fused-ring (bicyclic) bond motifs is 2. The molecular weight excluding hydrogens is 304 g/mol. The third kappa shape index (κ3) is 2.36. The Morgan fingerprint density at radius 2 is 0.958 bits per heavy atom. The molecule has 0 saturated carbocycles. The lowest BCUT2D eigenvalue weighted by atomic mass is 9.90. The zero-order chi connectivity index (χ0) is 17.4. The van der Waals surface area contributed by atoms with E-state index in [1.165, 1.54) is 21.9 Å². The highest BCUT2D eigenvalue weighted by molar-refractivity contribution is 6.06. The molecule has 0 aliphatic heterocycles. The highest BCUT2D eigenvalue weighted by Crippen LogP contribution is 2.40. The molecule has 3 aromatic carbocycles. The number of nitrogens with zero attached hydrogens (tertiary/aromatic N) is 2. The van der Waals surface area contributed by atoms with E-state index in [0.717, 1.165) is 21.9 Å². The maximum Gasteiger partial charge on any atom is 0.205 e. The predicted octanol–water partition coefficient (Wildman–Crippen LogP) is 5.88. The summed E-state index contributed by atoms with van der Waals surface area (Å²) in [5.74, 6) is 0.526. The van der Waals surface area contributed by atoms with Crippen LogP contribution in [-0.2, 0) is 0 Å². The molecule has 0 saturated heterocycles. The molecule has 0 aliphatic rings. The van der Waals surface area contributed by atoms with Crippen molar-refractivity contribution in [2.24, 2.45) is 10.6 Å². The van der Waals surface area contributed by atoms with Gasteiger partial charge < -0.3 is 9.68 Å². The minimum atomic E-state index is 0.263. The molecule has 24 heavy (non-hydrogen) atoms. The summed E-state index contributed by atoms with van der Waals surface area (Å²) in [7, 11) is 0. The van der Waals surface area contributed by atoms with Gasteiger partial charge in [-0.15, -0.1) is 0 Å². The molecule has 3 aromatic rings. The van der Waals surface area contributed by atoms with Crippen molar-refractivity contribution in [3.63, 3.8) is 0 Å². The number of aryl methyl sites for hydroxylation is 4. The molecule has 0 unspecified atom stereocenters. The van der Waals surface area contributed by atoms with Gasteiger partial charge in [0.25, 0.3) is 0 Å². The molecule has 0 atom stereocenters. The molecule has 0 heterocycles. The molecule has 0 bridgehead atoms. The minimum Gasteiger partial charge on any atom is -0.336 e. The Kier molecular flexibility index (Phi) is 3.89. The number of hydrogen-bond donors (Lipinski definition) is 2. The molecular formula is C18H18N4O2. The fourth-order valence-corrected chi connectivity index (χ4v) is 3.15. The normalized spacial score (nSPS) is 10.8. The van der Waals surface area contributed by atoms with Crippen LogP contribution in [0.4, 0.5) is 0 Å². The maximum atomic E-state index is 6.93. The second kappa shape index (κ2) is 5.88. The number of hydrogen-bond acceptors (Lipinski definition) is 6. The average molecular weight is 322 g/mol. The first kappa shape index (κ1) is 15.9. The Morgan fingerprint density at radius 1 is 0.625 bits per heavy atom. The fraction of sp³-hybridized carbons (Fsp3) is 0.222. The van der Waals surface area contributed by atoms with Crippen molar-refractivity contribution < 1.29 is 9.68 Å². The van der Waals surface area contributed by atoms with Crippen LogP contribution in [0.15, 0.2) is 34.8 Å². The molecule has 2 N–H and O–H groups in total. The smallest absolute Gasteiger partial charge is 0.205 e. The van der Waals surface area contributed by atoms with Crippen LogP contribution in [0.5, 0.6) is 11.5 Å². The van der Waals surface area contributed by atoms with Gasteiger partial charge in [-0.3, -0.25) is 0 Å². The first-order valence-corrected chi connectivity index (χ1v) is 7.53. The lowest BCUT2D eigenvalue weighted by molar-refractivity contribution is 0.250. The maximum absolute atomic E-state index is 6.93. The molecule has 0 aromatic heterocycles. The third-order valence-corrected chi connectivity index (χ3v) is 4.62. The lowest BCUT2D eigenvalue weighted by Gasteiger charge is -2.15. The van der Waals surface area contributed by atoms with Gasteiger partial charge in [0.15, 0.2) is 0 Å². The number of rotatable bonds is 4. The standard InChI is InChI=1S/C18H18N4O2/c1-9-5-13-11(3)15-7-17(23-21-19)18(24-22-20)8-16(15)12(4)14(13)6-10(9)2/h5-8,19-20H,1-4H3. The molecule has 122 valence electrons. The second-order valence-electron chi connectivity index (χ2n) is 5.94. The second-order valence-corrected chi connectivity index (χ2v) is 5.94. The van der Waals surface area contributed by atoms with Gasteiger partial charge >= 0.3 is 0 Å². The zero-order valence-electron chi connectivity index (χ0n) is 14.0. The molecule has 0 amide bonds. The van der Waals surface area contributed by atoms with Gasteiger partial charge in [0.1, 0.15) is 0 Å². The van der Waals surface area contributed by atoms with E-state index in [2.05, 4.69) is 50.4 Å². The first-order chi connectivity index (χ1) is 11.5. The van der Waals surface area contributed by atoms with Crippen LogP contribution in [0.2, 0.25) is 0 Å². The Morgan fingerprint density at radius 3 is 1.29 bits per heavy atom. The van der Waals surface area contributed by atoms with Crippen molar-refractivity contribution >= 4 is 21.5 Å². The highest BCUT2D eigenvalue weighted by atomic mass is 16.7. The van der Waals surface area contributed by atoms with Gasteiger partial charge in [-0.05, 0) is 83.6 Å². The highest BCUT2D eigenvalue weighted by Gasteiger charge is 2.16. The predicted molar refractivity (Wildman–Crippen MR) is 92.0 cm³/mol. The van der Waals surface area contributed by atoms with Crippen molar-refractivity contribution in [1.82, 2.24) is 0 Å². The summed E-state index contributed by atoms with van der Waals surface area (Å²) in [6.07, 6.45) is 0.